The lowest BCUT2D eigenvalue weighted by atomic mass is 9.93. The first-order valence-corrected chi connectivity index (χ1v) is 20.6. The standard InChI is InChI=1S/C57H47N3/c1-42-55(58(49-30-14-6-15-31-49)50-32-16-7-17-33-50)43(2)57(44(3)56(42)59(51-34-18-8-19-35-51)52-36-20-9-21-37-52)60(53-38-22-28-47(40-53)45-24-10-4-11-25-45)54-39-23-29-48(41-54)46-26-12-5-13-27-46/h4-41H,1-3H3. The van der Waals surface area contributed by atoms with Crippen LogP contribution in [0.1, 0.15) is 16.7 Å². The fourth-order valence-corrected chi connectivity index (χ4v) is 8.63. The molecule has 60 heavy (non-hydrogen) atoms. The van der Waals surface area contributed by atoms with Crippen molar-refractivity contribution in [2.45, 2.75) is 20.8 Å². The molecule has 0 atom stereocenters. The molecule has 0 bridgehead atoms. The number of rotatable bonds is 11. The first-order chi connectivity index (χ1) is 29.6. The van der Waals surface area contributed by atoms with Gasteiger partial charge in [-0.2, -0.15) is 0 Å². The third kappa shape index (κ3) is 7.45. The van der Waals surface area contributed by atoms with E-state index in [1.807, 2.05) is 0 Å². The van der Waals surface area contributed by atoms with Crippen molar-refractivity contribution in [3.63, 3.8) is 0 Å². The van der Waals surface area contributed by atoms with Crippen LogP contribution in [0.4, 0.5) is 51.2 Å². The van der Waals surface area contributed by atoms with Gasteiger partial charge in [0, 0.05) is 34.1 Å². The monoisotopic (exact) mass is 773 g/mol. The molecule has 9 aromatic carbocycles. The molecule has 0 aromatic heterocycles. The molecule has 9 rings (SSSR count). The summed E-state index contributed by atoms with van der Waals surface area (Å²) >= 11 is 0. The summed E-state index contributed by atoms with van der Waals surface area (Å²) in [7, 11) is 0. The Morgan fingerprint density at radius 1 is 0.217 bits per heavy atom. The van der Waals surface area contributed by atoms with Gasteiger partial charge in [-0.25, -0.2) is 0 Å². The van der Waals surface area contributed by atoms with Gasteiger partial charge < -0.3 is 14.7 Å². The van der Waals surface area contributed by atoms with Crippen molar-refractivity contribution in [2.75, 3.05) is 14.7 Å². The molecule has 0 fully saturated rings. The van der Waals surface area contributed by atoms with Crippen LogP contribution in [0.2, 0.25) is 0 Å². The largest absolute Gasteiger partial charge is 0.310 e. The van der Waals surface area contributed by atoms with Crippen LogP contribution in [0.3, 0.4) is 0 Å². The highest BCUT2D eigenvalue weighted by molar-refractivity contribution is 5.97. The molecular formula is C57H47N3. The number of para-hydroxylation sites is 4. The Morgan fingerprint density at radius 3 is 0.717 bits per heavy atom. The van der Waals surface area contributed by atoms with E-state index in [1.165, 1.54) is 16.7 Å². The Morgan fingerprint density at radius 2 is 0.433 bits per heavy atom. The zero-order chi connectivity index (χ0) is 40.8. The second kappa shape index (κ2) is 17.1. The van der Waals surface area contributed by atoms with Crippen molar-refractivity contribution in [1.29, 1.82) is 0 Å². The molecule has 290 valence electrons. The molecule has 0 N–H and O–H groups in total. The second-order valence-electron chi connectivity index (χ2n) is 15.1. The van der Waals surface area contributed by atoms with E-state index < -0.39 is 0 Å². The average Bonchev–Trinajstić information content (AvgIpc) is 3.32. The van der Waals surface area contributed by atoms with Gasteiger partial charge in [0.1, 0.15) is 0 Å². The highest BCUT2D eigenvalue weighted by Crippen LogP contribution is 2.53. The minimum Gasteiger partial charge on any atom is -0.310 e. The van der Waals surface area contributed by atoms with Crippen LogP contribution in [-0.4, -0.2) is 0 Å². The SMILES string of the molecule is Cc1c(N(c2ccccc2)c2ccccc2)c(C)c(N(c2cccc(-c3ccccc3)c2)c2cccc(-c3ccccc3)c2)c(C)c1N(c1ccccc1)c1ccccc1. The molecule has 0 aliphatic carbocycles. The Kier molecular flexibility index (Phi) is 10.8. The van der Waals surface area contributed by atoms with Crippen molar-refractivity contribution < 1.29 is 0 Å². The van der Waals surface area contributed by atoms with Gasteiger partial charge in [-0.15, -0.1) is 0 Å². The van der Waals surface area contributed by atoms with E-state index in [0.29, 0.717) is 0 Å². The molecule has 3 nitrogen and oxygen atoms in total. The molecule has 3 heteroatoms. The summed E-state index contributed by atoms with van der Waals surface area (Å²) in [5, 5.41) is 0. The van der Waals surface area contributed by atoms with Crippen LogP contribution in [0.15, 0.2) is 231 Å². The summed E-state index contributed by atoms with van der Waals surface area (Å²) in [5.41, 5.74) is 18.0. The molecule has 0 aliphatic rings. The van der Waals surface area contributed by atoms with Crippen molar-refractivity contribution in [3.8, 4) is 22.3 Å². The first kappa shape index (κ1) is 37.9. The fraction of sp³-hybridized carbons (Fsp3) is 0.0526. The zero-order valence-corrected chi connectivity index (χ0v) is 34.3. The topological polar surface area (TPSA) is 9.72 Å². The van der Waals surface area contributed by atoms with E-state index in [4.69, 9.17) is 0 Å². The van der Waals surface area contributed by atoms with Crippen molar-refractivity contribution in [3.05, 3.63) is 247 Å². The predicted octanol–water partition coefficient (Wildman–Crippen LogP) is 16.4. The smallest absolute Gasteiger partial charge is 0.0562 e. The lowest BCUT2D eigenvalue weighted by Gasteiger charge is -2.38. The lowest BCUT2D eigenvalue weighted by Crippen LogP contribution is -2.22. The third-order valence-electron chi connectivity index (χ3n) is 11.3. The molecule has 0 saturated carbocycles. The molecule has 0 spiro atoms. The van der Waals surface area contributed by atoms with Gasteiger partial charge in [-0.1, -0.05) is 158 Å². The van der Waals surface area contributed by atoms with Gasteiger partial charge in [0.05, 0.1) is 17.1 Å². The zero-order valence-electron chi connectivity index (χ0n) is 34.3. The van der Waals surface area contributed by atoms with E-state index in [1.54, 1.807) is 0 Å². The van der Waals surface area contributed by atoms with Crippen molar-refractivity contribution >= 4 is 51.2 Å². The maximum atomic E-state index is 2.48. The third-order valence-corrected chi connectivity index (χ3v) is 11.3. The van der Waals surface area contributed by atoms with Gasteiger partial charge >= 0.3 is 0 Å². The Bertz CT molecular complexity index is 2550. The number of nitrogens with zero attached hydrogens (tertiary/aromatic N) is 3. The Balaban J connectivity index is 1.41. The van der Waals surface area contributed by atoms with Crippen LogP contribution >= 0.6 is 0 Å². The van der Waals surface area contributed by atoms with E-state index in [-0.39, 0.29) is 0 Å². The van der Waals surface area contributed by atoms with Gasteiger partial charge in [0.2, 0.25) is 0 Å². The Hall–Kier alpha value is -7.62. The van der Waals surface area contributed by atoms with Crippen LogP contribution in [0.5, 0.6) is 0 Å². The summed E-state index contributed by atoms with van der Waals surface area (Å²) in [4.78, 5) is 7.35. The summed E-state index contributed by atoms with van der Waals surface area (Å²) in [6.45, 7) is 6.90. The maximum Gasteiger partial charge on any atom is 0.0562 e. The predicted molar refractivity (Wildman–Crippen MR) is 256 cm³/mol. The van der Waals surface area contributed by atoms with Crippen LogP contribution in [-0.2, 0) is 0 Å². The van der Waals surface area contributed by atoms with E-state index in [2.05, 4.69) is 266 Å². The van der Waals surface area contributed by atoms with Gasteiger partial charge in [-0.3, -0.25) is 0 Å². The van der Waals surface area contributed by atoms with Crippen LogP contribution in [0.25, 0.3) is 22.3 Å². The molecule has 0 saturated heterocycles. The highest BCUT2D eigenvalue weighted by Gasteiger charge is 2.31. The average molecular weight is 774 g/mol. The van der Waals surface area contributed by atoms with Crippen molar-refractivity contribution in [1.82, 2.24) is 0 Å². The summed E-state index contributed by atoms with van der Waals surface area (Å²) in [6, 6.07) is 82.4. The second-order valence-corrected chi connectivity index (χ2v) is 15.1. The number of hydrogen-bond donors (Lipinski definition) is 0. The van der Waals surface area contributed by atoms with E-state index in [0.717, 1.165) is 73.4 Å². The molecule has 0 amide bonds. The van der Waals surface area contributed by atoms with Gasteiger partial charge in [0.15, 0.2) is 0 Å². The maximum absolute atomic E-state index is 2.48. The quantitative estimate of drug-likeness (QED) is 0.130. The molecule has 9 aromatic rings. The molecule has 0 aliphatic heterocycles. The number of benzene rings is 9. The summed E-state index contributed by atoms with van der Waals surface area (Å²) < 4.78 is 0. The summed E-state index contributed by atoms with van der Waals surface area (Å²) in [5.74, 6) is 0. The van der Waals surface area contributed by atoms with E-state index >= 15 is 0 Å². The summed E-state index contributed by atoms with van der Waals surface area (Å²) in [6.07, 6.45) is 0. The normalized spacial score (nSPS) is 10.9. The molecule has 0 heterocycles. The van der Waals surface area contributed by atoms with Gasteiger partial charge in [-0.05, 0) is 133 Å². The minimum absolute atomic E-state index is 1.07. The Labute approximate surface area is 354 Å². The molecule has 0 unspecified atom stereocenters. The van der Waals surface area contributed by atoms with Gasteiger partial charge in [0.25, 0.3) is 0 Å². The van der Waals surface area contributed by atoms with Crippen LogP contribution in [0, 0.1) is 20.8 Å². The van der Waals surface area contributed by atoms with Crippen molar-refractivity contribution in [2.24, 2.45) is 0 Å². The number of anilines is 9. The number of hydrogen-bond acceptors (Lipinski definition) is 3. The molecular weight excluding hydrogens is 727 g/mol. The highest BCUT2D eigenvalue weighted by atomic mass is 15.2. The lowest BCUT2D eigenvalue weighted by molar-refractivity contribution is 1.13. The van der Waals surface area contributed by atoms with Crippen LogP contribution < -0.4 is 14.7 Å². The van der Waals surface area contributed by atoms with E-state index in [9.17, 15) is 0 Å². The molecule has 0 radical (unpaired) electrons. The minimum atomic E-state index is 1.07. The first-order valence-electron chi connectivity index (χ1n) is 20.6. The fourth-order valence-electron chi connectivity index (χ4n) is 8.63.